The Morgan fingerprint density at radius 1 is 1.53 bits per heavy atom. The van der Waals surface area contributed by atoms with Gasteiger partial charge in [0.2, 0.25) is 0 Å². The molecular formula is C12H12ClNO. The van der Waals surface area contributed by atoms with Crippen LogP contribution in [0.15, 0.2) is 30.1 Å². The number of carbonyl (C=O) groups excluding carboxylic acids is 1. The van der Waals surface area contributed by atoms with E-state index >= 15 is 0 Å². The molecule has 0 radical (unpaired) electrons. The van der Waals surface area contributed by atoms with Crippen LogP contribution in [0.3, 0.4) is 0 Å². The van der Waals surface area contributed by atoms with Crippen LogP contribution < -0.4 is 0 Å². The molecule has 0 bridgehead atoms. The lowest BCUT2D eigenvalue weighted by Gasteiger charge is -2.03. The molecule has 0 saturated heterocycles. The number of hydrogen-bond acceptors (Lipinski definition) is 2. The Balaban J connectivity index is 2.09. The number of halogens is 1. The molecule has 0 aromatic carbocycles. The molecule has 1 aliphatic carbocycles. The normalized spacial score (nSPS) is 15.1. The number of hydrogen-bond donors (Lipinski definition) is 0. The van der Waals surface area contributed by atoms with Crippen molar-refractivity contribution in [2.45, 2.75) is 25.7 Å². The van der Waals surface area contributed by atoms with E-state index in [1.54, 1.807) is 18.5 Å². The Morgan fingerprint density at radius 2 is 2.40 bits per heavy atom. The van der Waals surface area contributed by atoms with Gasteiger partial charge in [0.05, 0.1) is 5.02 Å². The highest BCUT2D eigenvalue weighted by Crippen LogP contribution is 2.21. The summed E-state index contributed by atoms with van der Waals surface area (Å²) in [6.45, 7) is 0. The van der Waals surface area contributed by atoms with Gasteiger partial charge in [0.1, 0.15) is 0 Å². The predicted molar refractivity (Wildman–Crippen MR) is 59.9 cm³/mol. The first kappa shape index (κ1) is 10.4. The van der Waals surface area contributed by atoms with Gasteiger partial charge in [-0.25, -0.2) is 0 Å². The molecule has 0 aliphatic heterocycles. The Kier molecular flexibility index (Phi) is 3.17. The fraction of sp³-hybridized carbons (Fsp3) is 0.333. The largest absolute Gasteiger partial charge is 0.294 e. The van der Waals surface area contributed by atoms with Gasteiger partial charge in [-0.2, -0.15) is 0 Å². The van der Waals surface area contributed by atoms with Crippen LogP contribution in [-0.2, 0) is 11.2 Å². The number of carbonyl (C=O) groups is 1. The number of Topliss-reactive ketones (excluding diaryl/α,β-unsaturated/α-hetero) is 1. The monoisotopic (exact) mass is 221 g/mol. The maximum Gasteiger partial charge on any atom is 0.162 e. The van der Waals surface area contributed by atoms with E-state index in [2.05, 4.69) is 4.98 Å². The van der Waals surface area contributed by atoms with Crippen LogP contribution in [0.25, 0.3) is 0 Å². The van der Waals surface area contributed by atoms with Gasteiger partial charge in [-0.1, -0.05) is 17.7 Å². The second-order valence-corrected chi connectivity index (χ2v) is 4.10. The van der Waals surface area contributed by atoms with Crippen molar-refractivity contribution < 1.29 is 4.79 Å². The maximum atomic E-state index is 11.8. The molecule has 0 unspecified atom stereocenters. The highest BCUT2D eigenvalue weighted by Gasteiger charge is 2.14. The third-order valence-corrected chi connectivity index (χ3v) is 2.95. The van der Waals surface area contributed by atoms with Gasteiger partial charge in [0.15, 0.2) is 5.78 Å². The minimum absolute atomic E-state index is 0.195. The van der Waals surface area contributed by atoms with Gasteiger partial charge in [-0.3, -0.25) is 9.78 Å². The zero-order valence-electron chi connectivity index (χ0n) is 8.37. The first-order chi connectivity index (χ1) is 7.27. The number of aromatic nitrogens is 1. The summed E-state index contributed by atoms with van der Waals surface area (Å²) in [6, 6.07) is 1.80. The standard InChI is InChI=1S/C12H12ClNO/c13-11-8-14-6-5-10(11)7-12(15)9-3-1-2-4-9/h3,5-6,8H,1-2,4,7H2. The molecule has 0 N–H and O–H groups in total. The number of rotatable bonds is 3. The minimum Gasteiger partial charge on any atom is -0.294 e. The first-order valence-electron chi connectivity index (χ1n) is 5.08. The molecule has 0 spiro atoms. The summed E-state index contributed by atoms with van der Waals surface area (Å²) < 4.78 is 0. The molecule has 0 fully saturated rings. The minimum atomic E-state index is 0.195. The fourth-order valence-corrected chi connectivity index (χ4v) is 1.94. The van der Waals surface area contributed by atoms with Gasteiger partial charge in [0.25, 0.3) is 0 Å². The number of ketones is 1. The molecule has 3 heteroatoms. The molecular weight excluding hydrogens is 210 g/mol. The van der Waals surface area contributed by atoms with Crippen LogP contribution in [0.2, 0.25) is 5.02 Å². The van der Waals surface area contributed by atoms with Gasteiger partial charge >= 0.3 is 0 Å². The van der Waals surface area contributed by atoms with Gasteiger partial charge in [-0.15, -0.1) is 0 Å². The molecule has 78 valence electrons. The molecule has 1 aromatic heterocycles. The fourth-order valence-electron chi connectivity index (χ4n) is 1.76. The molecule has 1 aliphatic rings. The van der Waals surface area contributed by atoms with Crippen molar-refractivity contribution in [1.29, 1.82) is 0 Å². The number of nitrogens with zero attached hydrogens (tertiary/aromatic N) is 1. The third-order valence-electron chi connectivity index (χ3n) is 2.61. The van der Waals surface area contributed by atoms with E-state index in [0.717, 1.165) is 30.4 Å². The molecule has 0 amide bonds. The van der Waals surface area contributed by atoms with E-state index in [4.69, 9.17) is 11.6 Å². The topological polar surface area (TPSA) is 30.0 Å². The summed E-state index contributed by atoms with van der Waals surface area (Å²) in [7, 11) is 0. The van der Waals surface area contributed by atoms with Crippen LogP contribution in [0, 0.1) is 0 Å². The Labute approximate surface area is 94.0 Å². The van der Waals surface area contributed by atoms with Gasteiger partial charge in [-0.05, 0) is 36.5 Å². The van der Waals surface area contributed by atoms with Crippen LogP contribution in [0.5, 0.6) is 0 Å². The third kappa shape index (κ3) is 2.45. The zero-order chi connectivity index (χ0) is 10.7. The molecule has 0 saturated carbocycles. The first-order valence-corrected chi connectivity index (χ1v) is 5.46. The summed E-state index contributed by atoms with van der Waals surface area (Å²) >= 11 is 5.94. The lowest BCUT2D eigenvalue weighted by molar-refractivity contribution is -0.115. The summed E-state index contributed by atoms with van der Waals surface area (Å²) in [5, 5.41) is 0.574. The summed E-state index contributed by atoms with van der Waals surface area (Å²) in [4.78, 5) is 15.7. The van der Waals surface area contributed by atoms with E-state index in [1.807, 2.05) is 6.08 Å². The summed E-state index contributed by atoms with van der Waals surface area (Å²) in [5.74, 6) is 0.195. The summed E-state index contributed by atoms with van der Waals surface area (Å²) in [5.41, 5.74) is 1.83. The molecule has 2 rings (SSSR count). The lowest BCUT2D eigenvalue weighted by Crippen LogP contribution is -2.05. The maximum absolute atomic E-state index is 11.8. The Hall–Kier alpha value is -1.15. The van der Waals surface area contributed by atoms with Crippen LogP contribution in [-0.4, -0.2) is 10.8 Å². The van der Waals surface area contributed by atoms with E-state index in [-0.39, 0.29) is 5.78 Å². The molecule has 1 aromatic rings. The van der Waals surface area contributed by atoms with Gasteiger partial charge in [0, 0.05) is 18.8 Å². The number of pyridine rings is 1. The highest BCUT2D eigenvalue weighted by molar-refractivity contribution is 6.31. The highest BCUT2D eigenvalue weighted by atomic mass is 35.5. The zero-order valence-corrected chi connectivity index (χ0v) is 9.13. The van der Waals surface area contributed by atoms with E-state index in [9.17, 15) is 4.79 Å². The SMILES string of the molecule is O=C(Cc1ccncc1Cl)C1=CCCC1. The van der Waals surface area contributed by atoms with Crippen molar-refractivity contribution in [3.8, 4) is 0 Å². The van der Waals surface area contributed by atoms with Crippen molar-refractivity contribution in [3.05, 3.63) is 40.7 Å². The van der Waals surface area contributed by atoms with E-state index in [0.29, 0.717) is 11.4 Å². The molecule has 2 nitrogen and oxygen atoms in total. The van der Waals surface area contributed by atoms with E-state index in [1.165, 1.54) is 0 Å². The molecule has 15 heavy (non-hydrogen) atoms. The van der Waals surface area contributed by atoms with Crippen molar-refractivity contribution >= 4 is 17.4 Å². The average molecular weight is 222 g/mol. The predicted octanol–water partition coefficient (Wildman–Crippen LogP) is 2.96. The smallest absolute Gasteiger partial charge is 0.162 e. The van der Waals surface area contributed by atoms with Crippen molar-refractivity contribution in [1.82, 2.24) is 4.98 Å². The quantitative estimate of drug-likeness (QED) is 0.786. The van der Waals surface area contributed by atoms with Gasteiger partial charge < -0.3 is 0 Å². The summed E-state index contributed by atoms with van der Waals surface area (Å²) in [6.07, 6.45) is 8.73. The second kappa shape index (κ2) is 4.58. The van der Waals surface area contributed by atoms with Crippen molar-refractivity contribution in [2.75, 3.05) is 0 Å². The van der Waals surface area contributed by atoms with Crippen LogP contribution in [0.1, 0.15) is 24.8 Å². The Bertz CT molecular complexity index is 412. The Morgan fingerprint density at radius 3 is 3.07 bits per heavy atom. The second-order valence-electron chi connectivity index (χ2n) is 3.69. The number of allylic oxidation sites excluding steroid dienone is 2. The molecule has 0 atom stereocenters. The molecule has 1 heterocycles. The lowest BCUT2D eigenvalue weighted by atomic mass is 10.0. The van der Waals surface area contributed by atoms with Crippen LogP contribution in [0.4, 0.5) is 0 Å². The van der Waals surface area contributed by atoms with Crippen molar-refractivity contribution in [3.63, 3.8) is 0 Å². The van der Waals surface area contributed by atoms with Crippen molar-refractivity contribution in [2.24, 2.45) is 0 Å². The average Bonchev–Trinajstić information content (AvgIpc) is 2.74. The van der Waals surface area contributed by atoms with Crippen LogP contribution >= 0.6 is 11.6 Å². The van der Waals surface area contributed by atoms with E-state index < -0.39 is 0 Å².